The molecule has 0 atom stereocenters. The van der Waals surface area contributed by atoms with Crippen LogP contribution < -0.4 is 4.90 Å². The van der Waals surface area contributed by atoms with E-state index in [0.29, 0.717) is 5.70 Å². The third kappa shape index (κ3) is 12.9. The number of aromatic nitrogens is 2. The Balaban J connectivity index is 2.97. The maximum Gasteiger partial charge on any atom is 0.389 e. The van der Waals surface area contributed by atoms with Crippen molar-refractivity contribution in [3.63, 3.8) is 0 Å². The van der Waals surface area contributed by atoms with Crippen LogP contribution in [0, 0.1) is 0 Å². The van der Waals surface area contributed by atoms with Gasteiger partial charge in [-0.1, -0.05) is 11.6 Å². The van der Waals surface area contributed by atoms with Gasteiger partial charge in [0, 0.05) is 47.8 Å². The second kappa shape index (κ2) is 15.4. The van der Waals surface area contributed by atoms with E-state index in [1.54, 1.807) is 19.1 Å². The minimum Gasteiger partial charge on any atom is -0.274 e. The van der Waals surface area contributed by atoms with Crippen molar-refractivity contribution in [3.8, 4) is 0 Å². The summed E-state index contributed by atoms with van der Waals surface area (Å²) in [6, 6.07) is 0. The first-order valence-corrected chi connectivity index (χ1v) is 13.1. The Morgan fingerprint density at radius 1 is 1.06 bits per heavy atom. The SMILES string of the molecule is C=N/C=C\C=C(/C)n1cc(N(C(=O)CCSCCC(F)(F)F)C(=O)CCSCCC(F)(F)F)c(Cl)n1. The highest BCUT2D eigenvalue weighted by molar-refractivity contribution is 7.99. The highest BCUT2D eigenvalue weighted by Gasteiger charge is 2.29. The van der Waals surface area contributed by atoms with Crippen molar-refractivity contribution in [3.05, 3.63) is 29.7 Å². The molecule has 1 heterocycles. The van der Waals surface area contributed by atoms with E-state index in [9.17, 15) is 35.9 Å². The average Bonchev–Trinajstić information content (AvgIpc) is 3.13. The van der Waals surface area contributed by atoms with E-state index < -0.39 is 37.0 Å². The Kier molecular flexibility index (Phi) is 13.7. The third-order valence-electron chi connectivity index (χ3n) is 4.26. The van der Waals surface area contributed by atoms with Gasteiger partial charge >= 0.3 is 12.4 Å². The lowest BCUT2D eigenvalue weighted by Gasteiger charge is -2.20. The summed E-state index contributed by atoms with van der Waals surface area (Å²) in [6.07, 6.45) is -5.20. The van der Waals surface area contributed by atoms with Crippen LogP contribution in [-0.4, -0.2) is 63.7 Å². The van der Waals surface area contributed by atoms with Crippen LogP contribution in [0.4, 0.5) is 32.0 Å². The normalized spacial score (nSPS) is 12.8. The van der Waals surface area contributed by atoms with Crippen LogP contribution in [0.15, 0.2) is 29.5 Å². The zero-order valence-corrected chi connectivity index (χ0v) is 21.6. The lowest BCUT2D eigenvalue weighted by molar-refractivity contribution is -0.130. The van der Waals surface area contributed by atoms with Crippen LogP contribution in [0.3, 0.4) is 0 Å². The van der Waals surface area contributed by atoms with Gasteiger partial charge in [-0.25, -0.2) is 9.58 Å². The molecule has 1 rings (SSSR count). The van der Waals surface area contributed by atoms with E-state index in [4.69, 9.17) is 11.6 Å². The topological polar surface area (TPSA) is 67.6 Å². The van der Waals surface area contributed by atoms with E-state index in [-0.39, 0.29) is 46.7 Å². The van der Waals surface area contributed by atoms with Crippen LogP contribution >= 0.6 is 35.1 Å². The standard InChI is InChI=1S/C21H25ClF6N4O2S2/c1-15(4-3-9-29-2)31-14-16(19(22)30-31)32(17(33)5-10-35-12-7-20(23,24)25)18(34)6-11-36-13-8-21(26,27)28/h3-4,9,14H,2,5-8,10-13H2,1H3/b9-3-,15-4+. The van der Waals surface area contributed by atoms with Gasteiger partial charge in [-0.05, 0) is 25.8 Å². The summed E-state index contributed by atoms with van der Waals surface area (Å²) in [4.78, 5) is 30.1. The highest BCUT2D eigenvalue weighted by Crippen LogP contribution is 2.29. The number of nitrogens with zero attached hydrogens (tertiary/aromatic N) is 4. The molecule has 0 fully saturated rings. The van der Waals surface area contributed by atoms with Crippen LogP contribution in [0.1, 0.15) is 32.6 Å². The molecule has 2 amide bonds. The van der Waals surface area contributed by atoms with Crippen molar-refractivity contribution < 1.29 is 35.9 Å². The van der Waals surface area contributed by atoms with Crippen molar-refractivity contribution >= 4 is 65.0 Å². The Morgan fingerprint density at radius 3 is 2.00 bits per heavy atom. The van der Waals surface area contributed by atoms with Crippen LogP contribution in [0.5, 0.6) is 0 Å². The molecule has 0 aliphatic heterocycles. The van der Waals surface area contributed by atoms with Gasteiger partial charge in [0.15, 0.2) is 5.15 Å². The Labute approximate surface area is 218 Å². The van der Waals surface area contributed by atoms with Crippen LogP contribution in [-0.2, 0) is 9.59 Å². The van der Waals surface area contributed by atoms with E-state index >= 15 is 0 Å². The molecular formula is C21H25ClF6N4O2S2. The lowest BCUT2D eigenvalue weighted by Crippen LogP contribution is -2.37. The number of aliphatic imine (C=N–C) groups is 1. The second-order valence-corrected chi connectivity index (χ2v) is 9.97. The molecule has 0 saturated heterocycles. The van der Waals surface area contributed by atoms with Crippen LogP contribution in [0.2, 0.25) is 5.15 Å². The quantitative estimate of drug-likeness (QED) is 0.107. The molecule has 0 N–H and O–H groups in total. The molecule has 0 aromatic carbocycles. The average molecular weight is 579 g/mol. The smallest absolute Gasteiger partial charge is 0.274 e. The monoisotopic (exact) mass is 578 g/mol. The first-order chi connectivity index (χ1) is 16.7. The Bertz CT molecular complexity index is 912. The molecule has 1 aromatic heterocycles. The number of carbonyl (C=O) groups excluding carboxylic acids is 2. The van der Waals surface area contributed by atoms with Crippen molar-refractivity contribution in [2.24, 2.45) is 4.99 Å². The molecule has 1 aromatic rings. The summed E-state index contributed by atoms with van der Waals surface area (Å²) in [5, 5.41) is 3.90. The number of amides is 2. The van der Waals surface area contributed by atoms with Crippen molar-refractivity contribution in [2.75, 3.05) is 27.9 Å². The number of hydrogen-bond acceptors (Lipinski definition) is 6. The molecule has 0 unspecified atom stereocenters. The van der Waals surface area contributed by atoms with Crippen molar-refractivity contribution in [1.82, 2.24) is 9.78 Å². The van der Waals surface area contributed by atoms with Gasteiger partial charge in [-0.2, -0.15) is 55.0 Å². The summed E-state index contributed by atoms with van der Waals surface area (Å²) in [5.74, 6) is -1.84. The van der Waals surface area contributed by atoms with Gasteiger partial charge in [0.2, 0.25) is 11.8 Å². The van der Waals surface area contributed by atoms with E-state index in [0.717, 1.165) is 28.4 Å². The largest absolute Gasteiger partial charge is 0.389 e. The number of allylic oxidation sites excluding steroid dienone is 3. The molecule has 15 heteroatoms. The maximum atomic E-state index is 12.9. The number of imide groups is 1. The summed E-state index contributed by atoms with van der Waals surface area (Å²) in [5.41, 5.74) is 0.513. The van der Waals surface area contributed by atoms with Gasteiger partial charge in [0.1, 0.15) is 5.69 Å². The lowest BCUT2D eigenvalue weighted by atomic mass is 10.3. The number of halogens is 7. The number of hydrogen-bond donors (Lipinski definition) is 0. The molecule has 0 radical (unpaired) electrons. The fourth-order valence-electron chi connectivity index (χ4n) is 2.52. The molecule has 36 heavy (non-hydrogen) atoms. The van der Waals surface area contributed by atoms with Gasteiger partial charge in [0.25, 0.3) is 0 Å². The molecule has 0 saturated carbocycles. The number of alkyl halides is 6. The summed E-state index contributed by atoms with van der Waals surface area (Å²) >= 11 is 8.01. The maximum absolute atomic E-state index is 12.9. The molecule has 0 spiro atoms. The second-order valence-electron chi connectivity index (χ2n) is 7.16. The van der Waals surface area contributed by atoms with Gasteiger partial charge in [-0.15, -0.1) is 0 Å². The predicted molar refractivity (Wildman–Crippen MR) is 134 cm³/mol. The number of carbonyl (C=O) groups is 2. The zero-order valence-electron chi connectivity index (χ0n) is 19.2. The number of thioether (sulfide) groups is 2. The minimum absolute atomic E-state index is 0.0308. The fraction of sp³-hybridized carbons (Fsp3) is 0.524. The van der Waals surface area contributed by atoms with Crippen molar-refractivity contribution in [2.45, 2.75) is 45.0 Å². The van der Waals surface area contributed by atoms with Gasteiger partial charge in [-0.3, -0.25) is 14.6 Å². The molecule has 202 valence electrons. The molecule has 0 aliphatic rings. The first-order valence-electron chi connectivity index (χ1n) is 10.4. The highest BCUT2D eigenvalue weighted by atomic mass is 35.5. The van der Waals surface area contributed by atoms with Gasteiger partial charge in [0.05, 0.1) is 19.0 Å². The fourth-order valence-corrected chi connectivity index (χ4v) is 4.54. The third-order valence-corrected chi connectivity index (χ3v) is 6.50. The van der Waals surface area contributed by atoms with Gasteiger partial charge < -0.3 is 0 Å². The molecule has 6 nitrogen and oxygen atoms in total. The first kappa shape index (κ1) is 32.1. The van der Waals surface area contributed by atoms with Crippen molar-refractivity contribution in [1.29, 1.82) is 0 Å². The van der Waals surface area contributed by atoms with E-state index in [1.165, 1.54) is 17.1 Å². The molecule has 0 aliphatic carbocycles. The molecule has 0 bridgehead atoms. The summed E-state index contributed by atoms with van der Waals surface area (Å²) in [7, 11) is 0. The minimum atomic E-state index is -4.31. The molecular weight excluding hydrogens is 554 g/mol. The van der Waals surface area contributed by atoms with E-state index in [1.807, 2.05) is 0 Å². The van der Waals surface area contributed by atoms with Crippen LogP contribution in [0.25, 0.3) is 5.70 Å². The number of rotatable bonds is 14. The summed E-state index contributed by atoms with van der Waals surface area (Å²) < 4.78 is 75.2. The predicted octanol–water partition coefficient (Wildman–Crippen LogP) is 6.62. The summed E-state index contributed by atoms with van der Waals surface area (Å²) in [6.45, 7) is 4.97. The Morgan fingerprint density at radius 2 is 1.56 bits per heavy atom. The zero-order chi connectivity index (χ0) is 27.4. The van der Waals surface area contributed by atoms with E-state index in [2.05, 4.69) is 16.8 Å². The Hall–Kier alpha value is -1.93. The number of anilines is 1.